The van der Waals surface area contributed by atoms with Crippen molar-refractivity contribution in [2.24, 2.45) is 0 Å². The van der Waals surface area contributed by atoms with Crippen molar-refractivity contribution in [2.45, 2.75) is 20.0 Å². The van der Waals surface area contributed by atoms with Gasteiger partial charge in [-0.3, -0.25) is 9.13 Å². The number of para-hydroxylation sites is 2. The second-order valence-corrected chi connectivity index (χ2v) is 5.61. The standard InChI is InChI=1S/C16H14BrFN2O/c1-2-19-13-8-3-4-9-14(13)20(16(19)21)10-11-6-5-7-12(18)15(11)17/h3-9H,2,10H2,1H3. The largest absolute Gasteiger partial charge is 0.329 e. The van der Waals surface area contributed by atoms with Gasteiger partial charge < -0.3 is 0 Å². The molecule has 0 saturated heterocycles. The van der Waals surface area contributed by atoms with Gasteiger partial charge in [0.2, 0.25) is 0 Å². The van der Waals surface area contributed by atoms with Crippen LogP contribution in [0.5, 0.6) is 0 Å². The predicted octanol–water partition coefficient (Wildman–Crippen LogP) is 3.77. The van der Waals surface area contributed by atoms with Crippen LogP contribution in [0.4, 0.5) is 4.39 Å². The molecule has 108 valence electrons. The SMILES string of the molecule is CCn1c(=O)n(Cc2cccc(F)c2Br)c2ccccc21. The molecule has 0 spiro atoms. The Bertz CT molecular complexity index is 866. The van der Waals surface area contributed by atoms with Gasteiger partial charge in [0.15, 0.2) is 0 Å². The fraction of sp³-hybridized carbons (Fsp3) is 0.188. The van der Waals surface area contributed by atoms with Crippen LogP contribution in [-0.2, 0) is 13.1 Å². The maximum absolute atomic E-state index is 13.6. The fourth-order valence-corrected chi connectivity index (χ4v) is 2.96. The second-order valence-electron chi connectivity index (χ2n) is 4.81. The number of aryl methyl sites for hydroxylation is 1. The lowest BCUT2D eigenvalue weighted by Gasteiger charge is -2.06. The molecular weight excluding hydrogens is 335 g/mol. The molecule has 0 unspecified atom stereocenters. The highest BCUT2D eigenvalue weighted by molar-refractivity contribution is 9.10. The van der Waals surface area contributed by atoms with Gasteiger partial charge in [0.05, 0.1) is 22.1 Å². The third-order valence-corrected chi connectivity index (χ3v) is 4.49. The maximum Gasteiger partial charge on any atom is 0.329 e. The molecule has 5 heteroatoms. The highest BCUT2D eigenvalue weighted by Gasteiger charge is 2.13. The Kier molecular flexibility index (Phi) is 3.68. The summed E-state index contributed by atoms with van der Waals surface area (Å²) in [7, 11) is 0. The van der Waals surface area contributed by atoms with Crippen molar-refractivity contribution in [3.8, 4) is 0 Å². The van der Waals surface area contributed by atoms with Gasteiger partial charge >= 0.3 is 5.69 Å². The minimum Gasteiger partial charge on any atom is -0.292 e. The third-order valence-electron chi connectivity index (χ3n) is 3.60. The molecule has 1 heterocycles. The fourth-order valence-electron chi connectivity index (χ4n) is 2.57. The lowest BCUT2D eigenvalue weighted by atomic mass is 10.2. The molecule has 0 N–H and O–H groups in total. The monoisotopic (exact) mass is 348 g/mol. The summed E-state index contributed by atoms with van der Waals surface area (Å²) in [5, 5.41) is 0. The van der Waals surface area contributed by atoms with E-state index in [0.29, 0.717) is 17.6 Å². The zero-order valence-corrected chi connectivity index (χ0v) is 13.1. The van der Waals surface area contributed by atoms with Crippen LogP contribution in [0, 0.1) is 5.82 Å². The summed E-state index contributed by atoms with van der Waals surface area (Å²) in [6, 6.07) is 12.5. The summed E-state index contributed by atoms with van der Waals surface area (Å²) in [5.74, 6) is -0.320. The van der Waals surface area contributed by atoms with Gasteiger partial charge in [-0.05, 0) is 46.6 Å². The van der Waals surface area contributed by atoms with Gasteiger partial charge in [-0.15, -0.1) is 0 Å². The van der Waals surface area contributed by atoms with Crippen molar-refractivity contribution in [3.05, 3.63) is 68.8 Å². The first-order chi connectivity index (χ1) is 10.1. The zero-order chi connectivity index (χ0) is 15.0. The number of hydrogen-bond acceptors (Lipinski definition) is 1. The Balaban J connectivity index is 2.19. The quantitative estimate of drug-likeness (QED) is 0.707. The second kappa shape index (κ2) is 5.48. The lowest BCUT2D eigenvalue weighted by molar-refractivity contribution is 0.614. The molecule has 0 bridgehead atoms. The van der Waals surface area contributed by atoms with Crippen LogP contribution < -0.4 is 5.69 Å². The van der Waals surface area contributed by atoms with Crippen LogP contribution in [0.3, 0.4) is 0 Å². The van der Waals surface area contributed by atoms with Crippen molar-refractivity contribution in [1.29, 1.82) is 0 Å². The highest BCUT2D eigenvalue weighted by Crippen LogP contribution is 2.22. The molecule has 3 aromatic rings. The molecule has 0 aliphatic carbocycles. The number of hydrogen-bond donors (Lipinski definition) is 0. The molecule has 1 aromatic heterocycles. The summed E-state index contributed by atoms with van der Waals surface area (Å²) in [5.41, 5.74) is 2.43. The Morgan fingerprint density at radius 1 is 1.05 bits per heavy atom. The molecule has 0 fully saturated rings. The molecule has 0 radical (unpaired) electrons. The van der Waals surface area contributed by atoms with Crippen LogP contribution in [0.25, 0.3) is 11.0 Å². The van der Waals surface area contributed by atoms with Crippen molar-refractivity contribution >= 4 is 27.0 Å². The number of imidazole rings is 1. The summed E-state index contributed by atoms with van der Waals surface area (Å²) in [4.78, 5) is 12.5. The Hall–Kier alpha value is -1.88. The van der Waals surface area contributed by atoms with Gasteiger partial charge in [-0.1, -0.05) is 24.3 Å². The molecule has 0 amide bonds. The predicted molar refractivity (Wildman–Crippen MR) is 85.1 cm³/mol. The first kappa shape index (κ1) is 14.1. The summed E-state index contributed by atoms with van der Waals surface area (Å²) in [6.07, 6.45) is 0. The van der Waals surface area contributed by atoms with Gasteiger partial charge in [0.25, 0.3) is 0 Å². The normalized spacial score (nSPS) is 11.2. The highest BCUT2D eigenvalue weighted by atomic mass is 79.9. The molecule has 0 saturated carbocycles. The van der Waals surface area contributed by atoms with Crippen molar-refractivity contribution in [3.63, 3.8) is 0 Å². The number of nitrogens with zero attached hydrogens (tertiary/aromatic N) is 2. The topological polar surface area (TPSA) is 26.9 Å². The number of rotatable bonds is 3. The minimum atomic E-state index is -0.320. The van der Waals surface area contributed by atoms with E-state index in [1.165, 1.54) is 6.07 Å². The van der Waals surface area contributed by atoms with E-state index in [9.17, 15) is 9.18 Å². The molecule has 0 atom stereocenters. The van der Waals surface area contributed by atoms with E-state index in [4.69, 9.17) is 0 Å². The molecule has 3 nitrogen and oxygen atoms in total. The van der Waals surface area contributed by atoms with Crippen molar-refractivity contribution in [2.75, 3.05) is 0 Å². The van der Waals surface area contributed by atoms with Gasteiger partial charge in [0, 0.05) is 6.54 Å². The van der Waals surface area contributed by atoms with E-state index in [0.717, 1.165) is 16.6 Å². The van der Waals surface area contributed by atoms with Crippen LogP contribution in [-0.4, -0.2) is 9.13 Å². The van der Waals surface area contributed by atoms with Crippen LogP contribution >= 0.6 is 15.9 Å². The molecule has 3 rings (SSSR count). The van der Waals surface area contributed by atoms with Crippen molar-refractivity contribution in [1.82, 2.24) is 9.13 Å². The summed E-state index contributed by atoms with van der Waals surface area (Å²) in [6.45, 7) is 2.89. The summed E-state index contributed by atoms with van der Waals surface area (Å²) < 4.78 is 17.4. The van der Waals surface area contributed by atoms with E-state index >= 15 is 0 Å². The molecule has 21 heavy (non-hydrogen) atoms. The zero-order valence-electron chi connectivity index (χ0n) is 11.5. The number of benzene rings is 2. The first-order valence-corrected chi connectivity index (χ1v) is 7.53. The number of aromatic nitrogens is 2. The van der Waals surface area contributed by atoms with E-state index in [1.54, 1.807) is 15.2 Å². The Labute approximate surface area is 129 Å². The third kappa shape index (κ3) is 2.31. The van der Waals surface area contributed by atoms with Gasteiger partial charge in [-0.2, -0.15) is 0 Å². The number of fused-ring (bicyclic) bond motifs is 1. The first-order valence-electron chi connectivity index (χ1n) is 6.74. The molecule has 2 aromatic carbocycles. The van der Waals surface area contributed by atoms with Gasteiger partial charge in [0.1, 0.15) is 5.82 Å². The minimum absolute atomic E-state index is 0.0742. The van der Waals surface area contributed by atoms with Crippen LogP contribution in [0.1, 0.15) is 12.5 Å². The molecular formula is C16H14BrFN2O. The number of halogens is 2. The van der Waals surface area contributed by atoms with E-state index < -0.39 is 0 Å². The Morgan fingerprint density at radius 3 is 2.38 bits per heavy atom. The van der Waals surface area contributed by atoms with Gasteiger partial charge in [-0.25, -0.2) is 9.18 Å². The van der Waals surface area contributed by atoms with Crippen molar-refractivity contribution < 1.29 is 4.39 Å². The van der Waals surface area contributed by atoms with E-state index in [-0.39, 0.29) is 11.5 Å². The summed E-state index contributed by atoms with van der Waals surface area (Å²) >= 11 is 3.25. The maximum atomic E-state index is 13.6. The van der Waals surface area contributed by atoms with E-state index in [2.05, 4.69) is 15.9 Å². The lowest BCUT2D eigenvalue weighted by Crippen LogP contribution is -2.24. The van der Waals surface area contributed by atoms with Crippen LogP contribution in [0.2, 0.25) is 0 Å². The average Bonchev–Trinajstić information content (AvgIpc) is 2.76. The smallest absolute Gasteiger partial charge is 0.292 e. The van der Waals surface area contributed by atoms with Crippen LogP contribution in [0.15, 0.2) is 51.7 Å². The Morgan fingerprint density at radius 2 is 1.71 bits per heavy atom. The van der Waals surface area contributed by atoms with E-state index in [1.807, 2.05) is 37.3 Å². The average molecular weight is 349 g/mol. The molecule has 0 aliphatic heterocycles. The molecule has 0 aliphatic rings.